The van der Waals surface area contributed by atoms with Crippen LogP contribution < -0.4 is 25.1 Å². The quantitative estimate of drug-likeness (QED) is 0.444. The fraction of sp³-hybridized carbons (Fsp3) is 0.211. The summed E-state index contributed by atoms with van der Waals surface area (Å²) >= 11 is 1.24. The van der Waals surface area contributed by atoms with E-state index in [0.29, 0.717) is 28.0 Å². The van der Waals surface area contributed by atoms with Crippen LogP contribution in [-0.4, -0.2) is 31.2 Å². The Morgan fingerprint density at radius 3 is 2.68 bits per heavy atom. The van der Waals surface area contributed by atoms with Crippen LogP contribution in [0.15, 0.2) is 62.9 Å². The number of aromatic amines is 1. The highest BCUT2D eigenvalue weighted by Crippen LogP contribution is 2.29. The van der Waals surface area contributed by atoms with Gasteiger partial charge in [-0.1, -0.05) is 18.2 Å². The van der Waals surface area contributed by atoms with E-state index in [2.05, 4.69) is 10.6 Å². The van der Waals surface area contributed by atoms with Crippen LogP contribution in [0.2, 0.25) is 0 Å². The van der Waals surface area contributed by atoms with Crippen LogP contribution in [-0.2, 0) is 4.79 Å². The number of rotatable bonds is 8. The van der Waals surface area contributed by atoms with Gasteiger partial charge in [-0.15, -0.1) is 0 Å². The number of carbonyl (C=O) groups is 1. The van der Waals surface area contributed by atoms with Gasteiger partial charge in [0.2, 0.25) is 11.6 Å². The van der Waals surface area contributed by atoms with Crippen LogP contribution in [0, 0.1) is 0 Å². The maximum Gasteiger partial charge on any atom is 0.442 e. The largest absolute Gasteiger partial charge is 0.497 e. The van der Waals surface area contributed by atoms with Crippen molar-refractivity contribution >= 4 is 23.4 Å². The van der Waals surface area contributed by atoms with Crippen molar-refractivity contribution in [1.29, 1.82) is 0 Å². The minimum absolute atomic E-state index is 0.199. The second-order valence-corrected chi connectivity index (χ2v) is 6.75. The Bertz CT molecular complexity index is 1000. The van der Waals surface area contributed by atoms with Crippen LogP contribution in [0.5, 0.6) is 11.5 Å². The number of carbonyl (C=O) groups excluding carboxylic acids is 1. The molecule has 8 nitrogen and oxygen atoms in total. The van der Waals surface area contributed by atoms with Crippen molar-refractivity contribution in [2.75, 3.05) is 25.3 Å². The second kappa shape index (κ2) is 9.14. The minimum atomic E-state index is -0.483. The number of hydrogen-bond acceptors (Lipinski definition) is 6. The summed E-state index contributed by atoms with van der Waals surface area (Å²) in [6.07, 6.45) is 0.199. The van der Waals surface area contributed by atoms with Crippen molar-refractivity contribution in [3.05, 3.63) is 59.0 Å². The molecule has 0 unspecified atom stereocenters. The first kappa shape index (κ1) is 19.6. The molecule has 3 aromatic rings. The molecule has 0 fully saturated rings. The number of hydrogen-bond donors (Lipinski definition) is 2. The highest BCUT2D eigenvalue weighted by atomic mass is 32.2. The topological polar surface area (TPSA) is 97.4 Å². The van der Waals surface area contributed by atoms with Gasteiger partial charge < -0.3 is 14.8 Å². The van der Waals surface area contributed by atoms with E-state index < -0.39 is 5.63 Å². The predicted molar refractivity (Wildman–Crippen MR) is 104 cm³/mol. The van der Waals surface area contributed by atoms with Gasteiger partial charge in [0, 0.05) is 30.4 Å². The van der Waals surface area contributed by atoms with Crippen molar-refractivity contribution in [3.8, 4) is 17.2 Å². The fourth-order valence-electron chi connectivity index (χ4n) is 2.50. The third kappa shape index (κ3) is 4.55. The smallest absolute Gasteiger partial charge is 0.442 e. The maximum atomic E-state index is 12.3. The zero-order valence-corrected chi connectivity index (χ0v) is 16.2. The Hall–Kier alpha value is -3.20. The lowest BCUT2D eigenvalue weighted by Gasteiger charge is -2.11. The monoisotopic (exact) mass is 402 g/mol. The molecule has 2 aromatic carbocycles. The molecule has 0 aliphatic heterocycles. The number of ether oxygens (including phenoxy) is 2. The normalized spacial score (nSPS) is 10.5. The Morgan fingerprint density at radius 2 is 1.96 bits per heavy atom. The van der Waals surface area contributed by atoms with E-state index in [0.717, 1.165) is 5.69 Å². The zero-order valence-electron chi connectivity index (χ0n) is 15.4. The number of nitrogens with one attached hydrogen (secondary N) is 2. The summed E-state index contributed by atoms with van der Waals surface area (Å²) in [6, 6.07) is 14.4. The van der Waals surface area contributed by atoms with Gasteiger partial charge in [-0.2, -0.15) is 0 Å². The lowest BCUT2D eigenvalue weighted by atomic mass is 10.2. The van der Waals surface area contributed by atoms with Gasteiger partial charge in [0.05, 0.1) is 19.9 Å². The average Bonchev–Trinajstić information content (AvgIpc) is 3.09. The molecule has 0 saturated carbocycles. The van der Waals surface area contributed by atoms with Crippen molar-refractivity contribution in [1.82, 2.24) is 5.27 Å². The van der Waals surface area contributed by atoms with Crippen molar-refractivity contribution in [3.63, 3.8) is 0 Å². The molecule has 1 heterocycles. The first-order valence-electron chi connectivity index (χ1n) is 8.46. The van der Waals surface area contributed by atoms with Crippen molar-refractivity contribution in [2.45, 2.75) is 11.4 Å². The molecule has 0 bridgehead atoms. The molecule has 146 valence electrons. The fourth-order valence-corrected chi connectivity index (χ4v) is 3.41. The first-order valence-corrected chi connectivity index (χ1v) is 9.44. The van der Waals surface area contributed by atoms with E-state index in [-0.39, 0.29) is 12.3 Å². The summed E-state index contributed by atoms with van der Waals surface area (Å²) in [7, 11) is 3.08. The van der Waals surface area contributed by atoms with Gasteiger partial charge in [-0.05, 0) is 33.8 Å². The molecule has 3 rings (SSSR count). The number of amides is 1. The summed E-state index contributed by atoms with van der Waals surface area (Å²) in [5, 5.41) is 5.75. The van der Waals surface area contributed by atoms with Gasteiger partial charge in [0.25, 0.3) is 0 Å². The molecule has 0 radical (unpaired) electrons. The van der Waals surface area contributed by atoms with Crippen LogP contribution in [0.1, 0.15) is 6.42 Å². The highest BCUT2D eigenvalue weighted by Gasteiger charge is 2.24. The third-order valence-electron chi connectivity index (χ3n) is 3.87. The minimum Gasteiger partial charge on any atom is -0.497 e. The molecular weight excluding hydrogens is 382 g/mol. The summed E-state index contributed by atoms with van der Waals surface area (Å²) in [5.74, 6) is 1.34. The number of methoxy groups -OCH3 is 2. The lowest BCUT2D eigenvalue weighted by Crippen LogP contribution is -2.36. The number of anilines is 1. The number of benzene rings is 2. The SMILES string of the molecule is COc1ccc(OC)c(NC(=O)CCSc2c(=O)o[nH][n+]2-c2ccccc2)c1. The van der Waals surface area contributed by atoms with Gasteiger partial charge in [0.15, 0.2) is 0 Å². The van der Waals surface area contributed by atoms with Crippen LogP contribution in [0.25, 0.3) is 5.69 Å². The van der Waals surface area contributed by atoms with E-state index in [1.54, 1.807) is 30.0 Å². The lowest BCUT2D eigenvalue weighted by molar-refractivity contribution is -0.704. The van der Waals surface area contributed by atoms with E-state index in [1.165, 1.54) is 18.9 Å². The number of para-hydroxylation sites is 1. The second-order valence-electron chi connectivity index (χ2n) is 5.67. The average molecular weight is 402 g/mol. The molecule has 0 spiro atoms. The molecule has 9 heteroatoms. The number of nitrogens with zero attached hydrogens (tertiary/aromatic N) is 1. The van der Waals surface area contributed by atoms with Crippen molar-refractivity contribution < 1.29 is 23.5 Å². The van der Waals surface area contributed by atoms with E-state index >= 15 is 0 Å². The molecule has 0 atom stereocenters. The first-order chi connectivity index (χ1) is 13.6. The molecule has 2 N–H and O–H groups in total. The Morgan fingerprint density at radius 1 is 1.18 bits per heavy atom. The summed E-state index contributed by atoms with van der Waals surface area (Å²) < 4.78 is 16.9. The van der Waals surface area contributed by atoms with E-state index in [9.17, 15) is 9.59 Å². The van der Waals surface area contributed by atoms with Gasteiger partial charge in [0.1, 0.15) is 11.5 Å². The number of H-pyrrole nitrogens is 1. The van der Waals surface area contributed by atoms with E-state index in [4.69, 9.17) is 14.0 Å². The maximum absolute atomic E-state index is 12.3. The van der Waals surface area contributed by atoms with Crippen LogP contribution in [0.3, 0.4) is 0 Å². The Kier molecular flexibility index (Phi) is 6.38. The molecule has 0 aliphatic rings. The number of thioether (sulfide) groups is 1. The van der Waals surface area contributed by atoms with Crippen molar-refractivity contribution in [2.24, 2.45) is 0 Å². The highest BCUT2D eigenvalue weighted by molar-refractivity contribution is 7.99. The molecule has 1 amide bonds. The summed E-state index contributed by atoms with van der Waals surface area (Å²) in [5.41, 5.74) is 0.808. The van der Waals surface area contributed by atoms with E-state index in [1.807, 2.05) is 30.3 Å². The van der Waals surface area contributed by atoms with Crippen LogP contribution >= 0.6 is 11.8 Å². The third-order valence-corrected chi connectivity index (χ3v) is 4.90. The Balaban J connectivity index is 1.63. The number of aromatic nitrogens is 2. The molecular formula is C19H20N3O5S+. The molecule has 1 aromatic heterocycles. The molecule has 0 saturated heterocycles. The van der Waals surface area contributed by atoms with Gasteiger partial charge in [-0.3, -0.25) is 9.32 Å². The standard InChI is InChI=1S/C19H19N3O5S/c1-25-14-8-9-16(26-2)15(12-14)20-17(23)10-11-28-18-19(24)27-21-22(18)13-6-4-3-5-7-13/h3-9,12H,10-11H2,1-2H3,(H-,20,21,23,24)/p+1. The van der Waals surface area contributed by atoms with Crippen LogP contribution in [0.4, 0.5) is 5.69 Å². The summed E-state index contributed by atoms with van der Waals surface area (Å²) in [6.45, 7) is 0. The molecule has 28 heavy (non-hydrogen) atoms. The Labute approximate surface area is 165 Å². The predicted octanol–water partition coefficient (Wildman–Crippen LogP) is 2.38. The van der Waals surface area contributed by atoms with Gasteiger partial charge in [-0.25, -0.2) is 4.79 Å². The summed E-state index contributed by atoms with van der Waals surface area (Å²) in [4.78, 5) is 24.3. The molecule has 0 aliphatic carbocycles. The zero-order chi connectivity index (χ0) is 19.9. The van der Waals surface area contributed by atoms with Gasteiger partial charge >= 0.3 is 10.7 Å².